The van der Waals surface area contributed by atoms with Gasteiger partial charge in [-0.15, -0.1) is 0 Å². The number of anilines is 1. The van der Waals surface area contributed by atoms with Gasteiger partial charge in [-0.2, -0.15) is 10.2 Å². The van der Waals surface area contributed by atoms with E-state index < -0.39 is 0 Å². The van der Waals surface area contributed by atoms with Gasteiger partial charge in [-0.1, -0.05) is 19.1 Å². The summed E-state index contributed by atoms with van der Waals surface area (Å²) in [5.74, 6) is 0. The van der Waals surface area contributed by atoms with Crippen molar-refractivity contribution in [3.63, 3.8) is 0 Å². The number of rotatable bonds is 4. The van der Waals surface area contributed by atoms with Gasteiger partial charge in [0, 0.05) is 24.5 Å². The van der Waals surface area contributed by atoms with Crippen molar-refractivity contribution in [2.24, 2.45) is 7.05 Å². The van der Waals surface area contributed by atoms with Crippen molar-refractivity contribution in [2.45, 2.75) is 19.9 Å². The largest absolute Gasteiger partial charge is 0.399 e. The van der Waals surface area contributed by atoms with Crippen LogP contribution in [0.2, 0.25) is 0 Å². The molecule has 0 saturated heterocycles. The van der Waals surface area contributed by atoms with Gasteiger partial charge < -0.3 is 5.73 Å². The highest BCUT2D eigenvalue weighted by Crippen LogP contribution is 2.20. The standard InChI is InChI=1S/C16H19N5/c1-3-15-8-16(20(2)19-15)11-21-10-13(9-18-21)12-4-6-14(17)7-5-12/h4-10H,3,11,17H2,1-2H3. The number of nitrogens with zero attached hydrogens (tertiary/aromatic N) is 4. The van der Waals surface area contributed by atoms with Crippen LogP contribution >= 0.6 is 0 Å². The molecule has 0 radical (unpaired) electrons. The zero-order valence-corrected chi connectivity index (χ0v) is 12.3. The normalized spacial score (nSPS) is 11.0. The number of benzene rings is 1. The van der Waals surface area contributed by atoms with E-state index in [-0.39, 0.29) is 0 Å². The summed E-state index contributed by atoms with van der Waals surface area (Å²) in [6.07, 6.45) is 4.87. The minimum Gasteiger partial charge on any atom is -0.399 e. The minimum atomic E-state index is 0.721. The van der Waals surface area contributed by atoms with Crippen LogP contribution in [0.15, 0.2) is 42.7 Å². The summed E-state index contributed by atoms with van der Waals surface area (Å²) in [7, 11) is 1.97. The smallest absolute Gasteiger partial charge is 0.0828 e. The van der Waals surface area contributed by atoms with Gasteiger partial charge in [0.15, 0.2) is 0 Å². The molecule has 0 spiro atoms. The second-order valence-electron chi connectivity index (χ2n) is 5.15. The topological polar surface area (TPSA) is 61.7 Å². The number of aryl methyl sites for hydroxylation is 2. The highest BCUT2D eigenvalue weighted by molar-refractivity contribution is 5.63. The Morgan fingerprint density at radius 1 is 1.14 bits per heavy atom. The van der Waals surface area contributed by atoms with E-state index in [2.05, 4.69) is 23.2 Å². The molecule has 2 N–H and O–H groups in total. The third-order valence-electron chi connectivity index (χ3n) is 3.59. The summed E-state index contributed by atoms with van der Waals surface area (Å²) < 4.78 is 3.85. The maximum atomic E-state index is 5.71. The van der Waals surface area contributed by atoms with E-state index in [1.165, 1.54) is 0 Å². The maximum absolute atomic E-state index is 5.71. The lowest BCUT2D eigenvalue weighted by molar-refractivity contribution is 0.618. The van der Waals surface area contributed by atoms with E-state index in [0.29, 0.717) is 0 Å². The predicted octanol–water partition coefficient (Wildman–Crippen LogP) is 2.48. The van der Waals surface area contributed by atoms with Crippen molar-refractivity contribution in [2.75, 3.05) is 5.73 Å². The molecule has 0 aliphatic rings. The molecule has 0 unspecified atom stereocenters. The molecule has 0 saturated carbocycles. The van der Waals surface area contributed by atoms with E-state index in [9.17, 15) is 0 Å². The molecule has 5 nitrogen and oxygen atoms in total. The summed E-state index contributed by atoms with van der Waals surface area (Å²) in [5.41, 5.74) is 11.0. The molecule has 0 bridgehead atoms. The lowest BCUT2D eigenvalue weighted by Gasteiger charge is -2.02. The Morgan fingerprint density at radius 3 is 2.57 bits per heavy atom. The molecule has 0 aliphatic heterocycles. The lowest BCUT2D eigenvalue weighted by atomic mass is 10.1. The van der Waals surface area contributed by atoms with Gasteiger partial charge in [-0.3, -0.25) is 9.36 Å². The highest BCUT2D eigenvalue weighted by Gasteiger charge is 2.07. The highest BCUT2D eigenvalue weighted by atomic mass is 15.3. The zero-order chi connectivity index (χ0) is 14.8. The summed E-state index contributed by atoms with van der Waals surface area (Å²) >= 11 is 0. The SMILES string of the molecule is CCc1cc(Cn2cc(-c3ccc(N)cc3)cn2)n(C)n1. The number of aromatic nitrogens is 4. The molecule has 3 rings (SSSR count). The van der Waals surface area contributed by atoms with Gasteiger partial charge in [-0.05, 0) is 30.2 Å². The van der Waals surface area contributed by atoms with Crippen LogP contribution in [-0.4, -0.2) is 19.6 Å². The van der Waals surface area contributed by atoms with Crippen LogP contribution in [0.25, 0.3) is 11.1 Å². The van der Waals surface area contributed by atoms with Crippen LogP contribution in [0.1, 0.15) is 18.3 Å². The van der Waals surface area contributed by atoms with Crippen LogP contribution in [0.5, 0.6) is 0 Å². The van der Waals surface area contributed by atoms with Crippen molar-refractivity contribution in [3.05, 3.63) is 54.1 Å². The first-order chi connectivity index (χ1) is 10.2. The van der Waals surface area contributed by atoms with Gasteiger partial charge in [0.25, 0.3) is 0 Å². The van der Waals surface area contributed by atoms with E-state index >= 15 is 0 Å². The number of hydrogen-bond acceptors (Lipinski definition) is 3. The summed E-state index contributed by atoms with van der Waals surface area (Å²) in [6.45, 7) is 2.83. The third kappa shape index (κ3) is 2.81. The number of nitrogen functional groups attached to an aromatic ring is 1. The Hall–Kier alpha value is -2.56. The molecular weight excluding hydrogens is 262 g/mol. The molecule has 0 aliphatic carbocycles. The van der Waals surface area contributed by atoms with Crippen LogP contribution in [0, 0.1) is 0 Å². The van der Waals surface area contributed by atoms with E-state index in [1.54, 1.807) is 0 Å². The Morgan fingerprint density at radius 2 is 1.90 bits per heavy atom. The molecule has 0 amide bonds. The van der Waals surface area contributed by atoms with E-state index in [1.807, 2.05) is 53.1 Å². The van der Waals surface area contributed by atoms with Gasteiger partial charge in [0.2, 0.25) is 0 Å². The zero-order valence-electron chi connectivity index (χ0n) is 12.3. The molecule has 5 heteroatoms. The fourth-order valence-electron chi connectivity index (χ4n) is 2.33. The van der Waals surface area contributed by atoms with Gasteiger partial charge in [0.1, 0.15) is 0 Å². The Bertz CT molecular complexity index is 736. The first-order valence-corrected chi connectivity index (χ1v) is 7.06. The molecule has 1 aromatic carbocycles. The van der Waals surface area contributed by atoms with Gasteiger partial charge >= 0.3 is 0 Å². The molecule has 0 fully saturated rings. The minimum absolute atomic E-state index is 0.721. The van der Waals surface area contributed by atoms with Crippen LogP contribution < -0.4 is 5.73 Å². The second-order valence-corrected chi connectivity index (χ2v) is 5.15. The second kappa shape index (κ2) is 5.44. The van der Waals surface area contributed by atoms with Gasteiger partial charge in [-0.25, -0.2) is 0 Å². The molecule has 3 aromatic rings. The molecular formula is C16H19N5. The first kappa shape index (κ1) is 13.4. The summed E-state index contributed by atoms with van der Waals surface area (Å²) in [5, 5.41) is 8.89. The van der Waals surface area contributed by atoms with E-state index in [4.69, 9.17) is 5.73 Å². The third-order valence-corrected chi connectivity index (χ3v) is 3.59. The van der Waals surface area contributed by atoms with E-state index in [0.717, 1.165) is 41.2 Å². The van der Waals surface area contributed by atoms with Crippen molar-refractivity contribution in [3.8, 4) is 11.1 Å². The molecule has 2 aromatic heterocycles. The quantitative estimate of drug-likeness (QED) is 0.747. The lowest BCUT2D eigenvalue weighted by Crippen LogP contribution is -2.05. The van der Waals surface area contributed by atoms with Crippen molar-refractivity contribution < 1.29 is 0 Å². The fourth-order valence-corrected chi connectivity index (χ4v) is 2.33. The monoisotopic (exact) mass is 281 g/mol. The Balaban J connectivity index is 1.81. The van der Waals surface area contributed by atoms with Gasteiger partial charge in [0.05, 0.1) is 24.1 Å². The fraction of sp³-hybridized carbons (Fsp3) is 0.250. The molecule has 2 heterocycles. The van der Waals surface area contributed by atoms with Crippen molar-refractivity contribution in [1.29, 1.82) is 0 Å². The van der Waals surface area contributed by atoms with Crippen LogP contribution in [0.4, 0.5) is 5.69 Å². The predicted molar refractivity (Wildman–Crippen MR) is 83.8 cm³/mol. The Labute approximate surface area is 124 Å². The number of nitrogens with two attached hydrogens (primary N) is 1. The first-order valence-electron chi connectivity index (χ1n) is 7.06. The maximum Gasteiger partial charge on any atom is 0.0828 e. The number of hydrogen-bond donors (Lipinski definition) is 1. The average molecular weight is 281 g/mol. The Kier molecular flexibility index (Phi) is 3.48. The molecule has 108 valence electrons. The van der Waals surface area contributed by atoms with Crippen molar-refractivity contribution in [1.82, 2.24) is 19.6 Å². The van der Waals surface area contributed by atoms with Crippen LogP contribution in [0.3, 0.4) is 0 Å². The summed E-state index contributed by atoms with van der Waals surface area (Å²) in [4.78, 5) is 0. The van der Waals surface area contributed by atoms with Crippen molar-refractivity contribution >= 4 is 5.69 Å². The summed E-state index contributed by atoms with van der Waals surface area (Å²) in [6, 6.07) is 9.96. The average Bonchev–Trinajstić information content (AvgIpc) is 3.08. The van der Waals surface area contributed by atoms with Crippen LogP contribution in [-0.2, 0) is 20.0 Å². The molecule has 0 atom stereocenters. The molecule has 21 heavy (non-hydrogen) atoms.